The first kappa shape index (κ1) is 17.4. The molecule has 0 fully saturated rings. The van der Waals surface area contributed by atoms with Gasteiger partial charge in [0.15, 0.2) is 0 Å². The van der Waals surface area contributed by atoms with Gasteiger partial charge in [0.1, 0.15) is 5.82 Å². The van der Waals surface area contributed by atoms with Gasteiger partial charge < -0.3 is 10.3 Å². The number of hydrogen-bond acceptors (Lipinski definition) is 3. The Balaban J connectivity index is 2.18. The van der Waals surface area contributed by atoms with E-state index in [9.17, 15) is 17.6 Å². The summed E-state index contributed by atoms with van der Waals surface area (Å²) in [5.74, 6) is -0.476. The smallest absolute Gasteiger partial charge is 0.216 e. The molecule has 0 bridgehead atoms. The molecule has 0 unspecified atom stereocenters. The molecule has 1 heterocycles. The Hall–Kier alpha value is -1.93. The number of amides is 1. The van der Waals surface area contributed by atoms with Gasteiger partial charge in [-0.2, -0.15) is 0 Å². The van der Waals surface area contributed by atoms with Gasteiger partial charge in [-0.15, -0.1) is 0 Å². The highest BCUT2D eigenvalue weighted by Gasteiger charge is 2.11. The molecule has 0 spiro atoms. The highest BCUT2D eigenvalue weighted by Crippen LogP contribution is 2.24. The fourth-order valence-corrected chi connectivity index (χ4v) is 2.95. The van der Waals surface area contributed by atoms with Gasteiger partial charge in [0.2, 0.25) is 15.9 Å². The van der Waals surface area contributed by atoms with Crippen molar-refractivity contribution >= 4 is 26.8 Å². The molecule has 0 atom stereocenters. The van der Waals surface area contributed by atoms with Gasteiger partial charge in [0.25, 0.3) is 0 Å². The molecule has 1 aromatic carbocycles. The number of sulfonamides is 1. The maximum Gasteiger partial charge on any atom is 0.216 e. The van der Waals surface area contributed by atoms with Crippen LogP contribution in [0.4, 0.5) is 4.39 Å². The number of H-pyrrole nitrogens is 1. The molecule has 0 saturated heterocycles. The maximum absolute atomic E-state index is 13.8. The Morgan fingerprint density at radius 1 is 1.22 bits per heavy atom. The number of benzene rings is 1. The maximum atomic E-state index is 13.8. The number of aromatic amines is 1. The third kappa shape index (κ3) is 5.04. The van der Waals surface area contributed by atoms with Crippen LogP contribution < -0.4 is 10.0 Å². The van der Waals surface area contributed by atoms with Crippen molar-refractivity contribution in [2.75, 3.05) is 19.3 Å². The lowest BCUT2D eigenvalue weighted by atomic mass is 10.0. The van der Waals surface area contributed by atoms with Crippen LogP contribution in [-0.4, -0.2) is 38.7 Å². The minimum absolute atomic E-state index is 0.108. The van der Waals surface area contributed by atoms with Crippen molar-refractivity contribution in [2.24, 2.45) is 0 Å². The van der Waals surface area contributed by atoms with Crippen molar-refractivity contribution in [3.63, 3.8) is 0 Å². The molecular formula is C15H20FN3O3S. The Bertz CT molecular complexity index is 815. The van der Waals surface area contributed by atoms with Crippen LogP contribution in [0.1, 0.15) is 18.1 Å². The second-order valence-corrected chi connectivity index (χ2v) is 7.28. The molecule has 3 N–H and O–H groups in total. The summed E-state index contributed by atoms with van der Waals surface area (Å²) in [7, 11) is -3.27. The third-order valence-electron chi connectivity index (χ3n) is 3.45. The molecule has 0 aliphatic rings. The molecule has 0 aliphatic heterocycles. The monoisotopic (exact) mass is 341 g/mol. The average Bonchev–Trinajstić information content (AvgIpc) is 2.80. The molecule has 0 radical (unpaired) electrons. The van der Waals surface area contributed by atoms with Gasteiger partial charge >= 0.3 is 0 Å². The molecule has 8 heteroatoms. The van der Waals surface area contributed by atoms with Crippen molar-refractivity contribution in [3.8, 4) is 0 Å². The van der Waals surface area contributed by atoms with Crippen LogP contribution in [0.3, 0.4) is 0 Å². The average molecular weight is 341 g/mol. The van der Waals surface area contributed by atoms with Crippen molar-refractivity contribution < 1.29 is 17.6 Å². The van der Waals surface area contributed by atoms with E-state index in [0.29, 0.717) is 24.9 Å². The zero-order chi connectivity index (χ0) is 17.0. The molecule has 1 aromatic heterocycles. The Kier molecular flexibility index (Phi) is 5.38. The topological polar surface area (TPSA) is 91.1 Å². The van der Waals surface area contributed by atoms with Gasteiger partial charge in [-0.25, -0.2) is 17.5 Å². The minimum atomic E-state index is -3.27. The first-order valence-electron chi connectivity index (χ1n) is 7.24. The van der Waals surface area contributed by atoms with E-state index in [1.165, 1.54) is 19.1 Å². The van der Waals surface area contributed by atoms with Crippen molar-refractivity contribution in [1.82, 2.24) is 15.0 Å². The molecule has 126 valence electrons. The molecule has 0 saturated carbocycles. The summed E-state index contributed by atoms with van der Waals surface area (Å²) in [5, 5.41) is 3.46. The first-order chi connectivity index (χ1) is 10.8. The number of hydrogen-bond donors (Lipinski definition) is 3. The Morgan fingerprint density at radius 2 is 1.91 bits per heavy atom. The molecule has 6 nitrogen and oxygen atoms in total. The zero-order valence-corrected chi connectivity index (χ0v) is 13.9. The van der Waals surface area contributed by atoms with Crippen LogP contribution in [0, 0.1) is 5.82 Å². The van der Waals surface area contributed by atoms with Gasteiger partial charge in [0, 0.05) is 37.1 Å². The quantitative estimate of drug-likeness (QED) is 0.704. The Labute approximate surface area is 134 Å². The lowest BCUT2D eigenvalue weighted by molar-refractivity contribution is -0.118. The first-order valence-corrected chi connectivity index (χ1v) is 9.13. The van der Waals surface area contributed by atoms with Crippen molar-refractivity contribution in [3.05, 3.63) is 35.3 Å². The number of rotatable bonds is 7. The summed E-state index contributed by atoms with van der Waals surface area (Å²) in [6, 6.07) is 2.85. The summed E-state index contributed by atoms with van der Waals surface area (Å²) in [6.45, 7) is 2.13. The van der Waals surface area contributed by atoms with Gasteiger partial charge in [0.05, 0.1) is 6.26 Å². The highest BCUT2D eigenvalue weighted by molar-refractivity contribution is 7.88. The van der Waals surface area contributed by atoms with E-state index in [1.54, 1.807) is 6.20 Å². The van der Waals surface area contributed by atoms with E-state index in [2.05, 4.69) is 15.0 Å². The summed E-state index contributed by atoms with van der Waals surface area (Å²) < 4.78 is 38.4. The molecule has 2 rings (SSSR count). The van der Waals surface area contributed by atoms with Crippen molar-refractivity contribution in [2.45, 2.75) is 19.8 Å². The number of halogens is 1. The second kappa shape index (κ2) is 7.10. The van der Waals surface area contributed by atoms with Gasteiger partial charge in [-0.05, 0) is 36.1 Å². The zero-order valence-electron chi connectivity index (χ0n) is 13.1. The summed E-state index contributed by atoms with van der Waals surface area (Å²) in [4.78, 5) is 14.0. The van der Waals surface area contributed by atoms with Gasteiger partial charge in [-0.1, -0.05) is 0 Å². The van der Waals surface area contributed by atoms with Crippen molar-refractivity contribution in [1.29, 1.82) is 0 Å². The molecule has 23 heavy (non-hydrogen) atoms. The van der Waals surface area contributed by atoms with Crippen LogP contribution in [0.25, 0.3) is 10.9 Å². The van der Waals surface area contributed by atoms with E-state index in [-0.39, 0.29) is 18.3 Å². The van der Waals surface area contributed by atoms with E-state index in [1.807, 2.05) is 0 Å². The molecule has 2 aromatic rings. The standard InChI is InChI=1S/C15H20FN3O3S/c1-10(20)17-5-3-12-9-18-15-11(4-6-19-23(2,21)22)7-13(16)8-14(12)15/h7-9,18-19H,3-6H2,1-2H3,(H,17,20). The number of aromatic nitrogens is 1. The number of carbonyl (C=O) groups is 1. The lowest BCUT2D eigenvalue weighted by Crippen LogP contribution is -2.24. The molecule has 0 aliphatic carbocycles. The van der Waals surface area contributed by atoms with E-state index >= 15 is 0 Å². The third-order valence-corrected chi connectivity index (χ3v) is 4.18. The van der Waals surface area contributed by atoms with Crippen LogP contribution >= 0.6 is 0 Å². The SMILES string of the molecule is CC(=O)NCCc1c[nH]c2c(CCNS(C)(=O)=O)cc(F)cc12. The molecule has 1 amide bonds. The normalized spacial score (nSPS) is 11.8. The number of carbonyl (C=O) groups excluding carboxylic acids is 1. The number of fused-ring (bicyclic) bond motifs is 1. The van der Waals surface area contributed by atoms with E-state index < -0.39 is 10.0 Å². The van der Waals surface area contributed by atoms with Crippen LogP contribution in [0.5, 0.6) is 0 Å². The fourth-order valence-electron chi connectivity index (χ4n) is 2.47. The fraction of sp³-hybridized carbons (Fsp3) is 0.400. The van der Waals surface area contributed by atoms with Gasteiger partial charge in [-0.3, -0.25) is 4.79 Å². The van der Waals surface area contributed by atoms with Crippen LogP contribution in [0.2, 0.25) is 0 Å². The summed E-state index contributed by atoms with van der Waals surface area (Å²) in [5.41, 5.74) is 2.41. The number of nitrogens with one attached hydrogen (secondary N) is 3. The second-order valence-electron chi connectivity index (χ2n) is 5.45. The summed E-state index contributed by atoms with van der Waals surface area (Å²) >= 11 is 0. The van der Waals surface area contributed by atoms with Crippen LogP contribution in [0.15, 0.2) is 18.3 Å². The summed E-state index contributed by atoms with van der Waals surface area (Å²) in [6.07, 6.45) is 3.85. The largest absolute Gasteiger partial charge is 0.361 e. The predicted octanol–water partition coefficient (Wildman–Crippen LogP) is 1.08. The minimum Gasteiger partial charge on any atom is -0.361 e. The lowest BCUT2D eigenvalue weighted by Gasteiger charge is -2.06. The predicted molar refractivity (Wildman–Crippen MR) is 87.2 cm³/mol. The van der Waals surface area contributed by atoms with E-state index in [4.69, 9.17) is 0 Å². The Morgan fingerprint density at radius 3 is 2.57 bits per heavy atom. The van der Waals surface area contributed by atoms with Crippen LogP contribution in [-0.2, 0) is 27.7 Å². The highest BCUT2D eigenvalue weighted by atomic mass is 32.2. The molecular weight excluding hydrogens is 321 g/mol. The van der Waals surface area contributed by atoms with E-state index in [0.717, 1.165) is 22.7 Å².